The van der Waals surface area contributed by atoms with E-state index in [-0.39, 0.29) is 24.0 Å². The van der Waals surface area contributed by atoms with Crippen molar-refractivity contribution < 1.29 is 0 Å². The average molecular weight is 357 g/mol. The van der Waals surface area contributed by atoms with Gasteiger partial charge in [0, 0.05) is 20.1 Å². The number of hydrogen-bond donors (Lipinski definition) is 1. The van der Waals surface area contributed by atoms with Gasteiger partial charge in [-0.2, -0.15) is 0 Å². The van der Waals surface area contributed by atoms with E-state index in [2.05, 4.69) is 33.3 Å². The number of guanidine groups is 1. The first-order valence-electron chi connectivity index (χ1n) is 5.74. The summed E-state index contributed by atoms with van der Waals surface area (Å²) < 4.78 is 0. The van der Waals surface area contributed by atoms with E-state index in [0.29, 0.717) is 6.54 Å². The van der Waals surface area contributed by atoms with Gasteiger partial charge in [-0.3, -0.25) is 0 Å². The second-order valence-electron chi connectivity index (χ2n) is 3.72. The average Bonchev–Trinajstić information content (AvgIpc) is 2.35. The van der Waals surface area contributed by atoms with Crippen LogP contribution in [0.1, 0.15) is 12.5 Å². The zero-order valence-electron chi connectivity index (χ0n) is 10.9. The molecule has 0 aliphatic carbocycles. The topological polar surface area (TPSA) is 27.6 Å². The summed E-state index contributed by atoms with van der Waals surface area (Å²) in [5.74, 6) is 3.36. The van der Waals surface area contributed by atoms with Crippen LogP contribution in [-0.2, 0) is 6.54 Å². The zero-order valence-corrected chi connectivity index (χ0v) is 13.2. The monoisotopic (exact) mass is 357 g/mol. The van der Waals surface area contributed by atoms with Crippen LogP contribution in [0.15, 0.2) is 35.3 Å². The smallest absolute Gasteiger partial charge is 0.194 e. The van der Waals surface area contributed by atoms with Crippen molar-refractivity contribution in [1.82, 2.24) is 10.2 Å². The summed E-state index contributed by atoms with van der Waals surface area (Å²) in [5.41, 5.74) is 1.25. The maximum atomic E-state index is 5.22. The van der Waals surface area contributed by atoms with Gasteiger partial charge in [0.05, 0.1) is 0 Å². The fourth-order valence-corrected chi connectivity index (χ4v) is 1.52. The molecule has 0 saturated heterocycles. The number of rotatable bonds is 4. The molecule has 0 bridgehead atoms. The van der Waals surface area contributed by atoms with Crippen LogP contribution in [0.5, 0.6) is 0 Å². The molecule has 0 unspecified atom stereocenters. The first kappa shape index (κ1) is 16.8. The highest BCUT2D eigenvalue weighted by molar-refractivity contribution is 14.0. The number of nitrogens with zero attached hydrogens (tertiary/aromatic N) is 2. The van der Waals surface area contributed by atoms with Crippen molar-refractivity contribution in [1.29, 1.82) is 0 Å². The molecular formula is C14H20IN3. The molecule has 0 fully saturated rings. The van der Waals surface area contributed by atoms with Crippen LogP contribution in [0.3, 0.4) is 0 Å². The van der Waals surface area contributed by atoms with Gasteiger partial charge in [0.1, 0.15) is 6.54 Å². The largest absolute Gasteiger partial charge is 0.356 e. The molecule has 0 heterocycles. The molecule has 1 aromatic carbocycles. The Kier molecular flexibility index (Phi) is 9.11. The second-order valence-corrected chi connectivity index (χ2v) is 3.72. The van der Waals surface area contributed by atoms with Gasteiger partial charge in [-0.25, -0.2) is 4.99 Å². The van der Waals surface area contributed by atoms with Crippen molar-refractivity contribution in [3.63, 3.8) is 0 Å². The van der Waals surface area contributed by atoms with Gasteiger partial charge >= 0.3 is 0 Å². The Balaban J connectivity index is 0.00000289. The maximum Gasteiger partial charge on any atom is 0.194 e. The van der Waals surface area contributed by atoms with Crippen molar-refractivity contribution in [2.45, 2.75) is 13.5 Å². The summed E-state index contributed by atoms with van der Waals surface area (Å²) in [6.07, 6.45) is 5.22. The molecule has 0 amide bonds. The van der Waals surface area contributed by atoms with Gasteiger partial charge in [0.2, 0.25) is 0 Å². The summed E-state index contributed by atoms with van der Waals surface area (Å²) >= 11 is 0. The van der Waals surface area contributed by atoms with E-state index >= 15 is 0 Å². The lowest BCUT2D eigenvalue weighted by Gasteiger charge is -2.21. The van der Waals surface area contributed by atoms with Crippen LogP contribution in [-0.4, -0.2) is 31.0 Å². The van der Waals surface area contributed by atoms with Crippen LogP contribution in [0, 0.1) is 12.3 Å². The Hall–Kier alpha value is -1.22. The van der Waals surface area contributed by atoms with E-state index in [1.807, 2.05) is 32.2 Å². The normalized spacial score (nSPS) is 10.2. The van der Waals surface area contributed by atoms with E-state index in [0.717, 1.165) is 19.0 Å². The van der Waals surface area contributed by atoms with Gasteiger partial charge in [0.15, 0.2) is 5.96 Å². The third kappa shape index (κ3) is 5.92. The van der Waals surface area contributed by atoms with Crippen LogP contribution in [0.25, 0.3) is 0 Å². The summed E-state index contributed by atoms with van der Waals surface area (Å²) in [6, 6.07) is 10.3. The molecule has 0 aliphatic rings. The van der Waals surface area contributed by atoms with Gasteiger partial charge in [0.25, 0.3) is 0 Å². The van der Waals surface area contributed by atoms with Crippen LogP contribution in [0.4, 0.5) is 0 Å². The standard InChI is InChI=1S/C14H19N3.HI/c1-4-11-16-14(15-5-2)17(3)12-13-9-7-6-8-10-13;/h1,6-10H,5,11-12H2,2-3H3,(H,15,16);1H. The quantitative estimate of drug-likeness (QED) is 0.388. The molecule has 0 aromatic heterocycles. The lowest BCUT2D eigenvalue weighted by atomic mass is 10.2. The molecule has 0 spiro atoms. The fraction of sp³-hybridized carbons (Fsp3) is 0.357. The van der Waals surface area contributed by atoms with Gasteiger partial charge in [-0.15, -0.1) is 30.4 Å². The molecule has 98 valence electrons. The van der Waals surface area contributed by atoms with Crippen molar-refractivity contribution >= 4 is 29.9 Å². The number of terminal acetylenes is 1. The number of benzene rings is 1. The van der Waals surface area contributed by atoms with E-state index in [9.17, 15) is 0 Å². The summed E-state index contributed by atoms with van der Waals surface area (Å²) in [4.78, 5) is 6.39. The SMILES string of the molecule is C#CCN=C(NCC)N(C)Cc1ccccc1.I. The van der Waals surface area contributed by atoms with Gasteiger partial charge < -0.3 is 10.2 Å². The minimum absolute atomic E-state index is 0. The van der Waals surface area contributed by atoms with Crippen molar-refractivity contribution in [2.24, 2.45) is 4.99 Å². The number of halogens is 1. The van der Waals surface area contributed by atoms with Crippen molar-refractivity contribution in [3.8, 4) is 12.3 Å². The predicted octanol–water partition coefficient (Wildman–Crippen LogP) is 2.34. The minimum Gasteiger partial charge on any atom is -0.356 e. The molecule has 0 radical (unpaired) electrons. The molecule has 1 rings (SSSR count). The molecular weight excluding hydrogens is 337 g/mol. The fourth-order valence-electron chi connectivity index (χ4n) is 1.52. The molecule has 18 heavy (non-hydrogen) atoms. The lowest BCUT2D eigenvalue weighted by Crippen LogP contribution is -2.38. The lowest BCUT2D eigenvalue weighted by molar-refractivity contribution is 0.478. The summed E-state index contributed by atoms with van der Waals surface area (Å²) in [7, 11) is 2.00. The van der Waals surface area contributed by atoms with E-state index in [4.69, 9.17) is 6.42 Å². The molecule has 1 aromatic rings. The van der Waals surface area contributed by atoms with E-state index in [1.165, 1.54) is 5.56 Å². The number of hydrogen-bond acceptors (Lipinski definition) is 1. The van der Waals surface area contributed by atoms with Crippen molar-refractivity contribution in [3.05, 3.63) is 35.9 Å². The highest BCUT2D eigenvalue weighted by atomic mass is 127. The molecule has 0 atom stereocenters. The third-order valence-corrected chi connectivity index (χ3v) is 2.28. The number of aliphatic imine (C=N–C) groups is 1. The Morgan fingerprint density at radius 3 is 2.61 bits per heavy atom. The molecule has 4 heteroatoms. The Bertz CT molecular complexity index is 395. The number of nitrogens with one attached hydrogen (secondary N) is 1. The predicted molar refractivity (Wildman–Crippen MR) is 88.1 cm³/mol. The van der Waals surface area contributed by atoms with Crippen LogP contribution < -0.4 is 5.32 Å². The summed E-state index contributed by atoms with van der Waals surface area (Å²) in [5, 5.41) is 3.22. The van der Waals surface area contributed by atoms with Gasteiger partial charge in [-0.05, 0) is 12.5 Å². The third-order valence-electron chi connectivity index (χ3n) is 2.28. The first-order chi connectivity index (χ1) is 8.27. The molecule has 0 aliphatic heterocycles. The second kappa shape index (κ2) is 9.77. The van der Waals surface area contributed by atoms with Gasteiger partial charge in [-0.1, -0.05) is 36.3 Å². The molecule has 0 saturated carbocycles. The Morgan fingerprint density at radius 2 is 2.06 bits per heavy atom. The Morgan fingerprint density at radius 1 is 1.39 bits per heavy atom. The first-order valence-corrected chi connectivity index (χ1v) is 5.74. The molecule has 3 nitrogen and oxygen atoms in total. The highest BCUT2D eigenvalue weighted by Crippen LogP contribution is 2.02. The van der Waals surface area contributed by atoms with E-state index in [1.54, 1.807) is 0 Å². The summed E-state index contributed by atoms with van der Waals surface area (Å²) in [6.45, 7) is 4.10. The Labute approximate surface area is 127 Å². The zero-order chi connectivity index (χ0) is 12.5. The highest BCUT2D eigenvalue weighted by Gasteiger charge is 2.05. The van der Waals surface area contributed by atoms with Crippen LogP contribution in [0.2, 0.25) is 0 Å². The molecule has 1 N–H and O–H groups in total. The van der Waals surface area contributed by atoms with Crippen molar-refractivity contribution in [2.75, 3.05) is 20.1 Å². The van der Waals surface area contributed by atoms with E-state index < -0.39 is 0 Å². The van der Waals surface area contributed by atoms with Crippen LogP contribution >= 0.6 is 24.0 Å². The maximum absolute atomic E-state index is 5.22. The minimum atomic E-state index is 0.